The SMILES string of the molecule is N=C(N)c1ccc2c(c1)c1ccccc1n2Cc1ccc(Br)cc1. The molecule has 0 unspecified atom stereocenters. The fourth-order valence-corrected chi connectivity index (χ4v) is 3.43. The van der Waals surface area contributed by atoms with Crippen LogP contribution in [0.15, 0.2) is 71.2 Å². The van der Waals surface area contributed by atoms with Crippen molar-refractivity contribution in [1.82, 2.24) is 4.57 Å². The van der Waals surface area contributed by atoms with Crippen molar-refractivity contribution < 1.29 is 0 Å². The number of rotatable bonds is 3. The van der Waals surface area contributed by atoms with Crippen molar-refractivity contribution in [3.63, 3.8) is 0 Å². The first-order valence-corrected chi connectivity index (χ1v) is 8.52. The molecule has 24 heavy (non-hydrogen) atoms. The molecule has 0 aliphatic carbocycles. The molecule has 3 nitrogen and oxygen atoms in total. The predicted molar refractivity (Wildman–Crippen MR) is 104 cm³/mol. The van der Waals surface area contributed by atoms with E-state index in [0.717, 1.165) is 27.5 Å². The summed E-state index contributed by atoms with van der Waals surface area (Å²) in [6, 6.07) is 22.8. The Balaban J connectivity index is 1.95. The Morgan fingerprint density at radius 3 is 2.38 bits per heavy atom. The van der Waals surface area contributed by atoms with Crippen molar-refractivity contribution in [2.45, 2.75) is 6.54 Å². The maximum absolute atomic E-state index is 7.69. The van der Waals surface area contributed by atoms with Gasteiger partial charge in [-0.05, 0) is 42.0 Å². The number of para-hydroxylation sites is 1. The summed E-state index contributed by atoms with van der Waals surface area (Å²) in [6.45, 7) is 0.802. The lowest BCUT2D eigenvalue weighted by Gasteiger charge is -2.08. The maximum Gasteiger partial charge on any atom is 0.122 e. The molecule has 4 heteroatoms. The van der Waals surface area contributed by atoms with Crippen molar-refractivity contribution in [1.29, 1.82) is 5.41 Å². The molecule has 1 heterocycles. The van der Waals surface area contributed by atoms with Crippen molar-refractivity contribution in [2.24, 2.45) is 5.73 Å². The number of fused-ring (bicyclic) bond motifs is 3. The molecule has 0 saturated heterocycles. The van der Waals surface area contributed by atoms with E-state index in [1.165, 1.54) is 16.5 Å². The van der Waals surface area contributed by atoms with Crippen LogP contribution in [0.3, 0.4) is 0 Å². The number of benzene rings is 3. The Bertz CT molecular complexity index is 1060. The van der Waals surface area contributed by atoms with Gasteiger partial charge in [0.2, 0.25) is 0 Å². The zero-order valence-corrected chi connectivity index (χ0v) is 14.5. The summed E-state index contributed by atoms with van der Waals surface area (Å²) >= 11 is 3.49. The zero-order chi connectivity index (χ0) is 16.7. The number of hydrogen-bond acceptors (Lipinski definition) is 1. The smallest absolute Gasteiger partial charge is 0.122 e. The van der Waals surface area contributed by atoms with E-state index in [1.807, 2.05) is 18.2 Å². The molecule has 4 rings (SSSR count). The van der Waals surface area contributed by atoms with Gasteiger partial charge >= 0.3 is 0 Å². The van der Waals surface area contributed by atoms with Crippen LogP contribution in [-0.4, -0.2) is 10.4 Å². The summed E-state index contributed by atoms with van der Waals surface area (Å²) in [4.78, 5) is 0. The van der Waals surface area contributed by atoms with E-state index in [-0.39, 0.29) is 5.84 Å². The molecule has 118 valence electrons. The lowest BCUT2D eigenvalue weighted by Crippen LogP contribution is -2.10. The van der Waals surface area contributed by atoms with E-state index in [4.69, 9.17) is 11.1 Å². The maximum atomic E-state index is 7.69. The van der Waals surface area contributed by atoms with Gasteiger partial charge in [-0.25, -0.2) is 0 Å². The molecule has 1 aromatic heterocycles. The zero-order valence-electron chi connectivity index (χ0n) is 13.0. The summed E-state index contributed by atoms with van der Waals surface area (Å²) in [7, 11) is 0. The quantitative estimate of drug-likeness (QED) is 0.387. The molecule has 0 amide bonds. The van der Waals surface area contributed by atoms with Crippen LogP contribution in [0.2, 0.25) is 0 Å². The van der Waals surface area contributed by atoms with Gasteiger partial charge in [0, 0.05) is 38.4 Å². The van der Waals surface area contributed by atoms with E-state index in [0.29, 0.717) is 0 Å². The number of amidine groups is 1. The number of nitrogens with zero attached hydrogens (tertiary/aromatic N) is 1. The summed E-state index contributed by atoms with van der Waals surface area (Å²) in [5.74, 6) is 0.0987. The predicted octanol–water partition coefficient (Wildman–Crippen LogP) is 4.89. The van der Waals surface area contributed by atoms with Crippen LogP contribution in [-0.2, 0) is 6.54 Å². The average Bonchev–Trinajstić information content (AvgIpc) is 2.90. The third-order valence-electron chi connectivity index (χ3n) is 4.34. The minimum absolute atomic E-state index is 0.0987. The van der Waals surface area contributed by atoms with Crippen molar-refractivity contribution in [3.05, 3.63) is 82.3 Å². The van der Waals surface area contributed by atoms with E-state index in [9.17, 15) is 0 Å². The third-order valence-corrected chi connectivity index (χ3v) is 4.87. The highest BCUT2D eigenvalue weighted by Gasteiger charge is 2.12. The molecule has 3 aromatic carbocycles. The van der Waals surface area contributed by atoms with E-state index >= 15 is 0 Å². The van der Waals surface area contributed by atoms with Gasteiger partial charge in [-0.15, -0.1) is 0 Å². The lowest BCUT2D eigenvalue weighted by molar-refractivity contribution is 0.869. The Morgan fingerprint density at radius 2 is 1.62 bits per heavy atom. The fourth-order valence-electron chi connectivity index (χ4n) is 3.16. The molecule has 0 aliphatic rings. The monoisotopic (exact) mass is 377 g/mol. The molecule has 0 radical (unpaired) electrons. The molecular formula is C20H16BrN3. The van der Waals surface area contributed by atoms with Crippen LogP contribution in [0.25, 0.3) is 21.8 Å². The summed E-state index contributed by atoms with van der Waals surface area (Å²) < 4.78 is 3.40. The van der Waals surface area contributed by atoms with E-state index < -0.39 is 0 Å². The van der Waals surface area contributed by atoms with Crippen molar-refractivity contribution in [3.8, 4) is 0 Å². The van der Waals surface area contributed by atoms with Gasteiger partial charge in [-0.3, -0.25) is 5.41 Å². The number of hydrogen-bond donors (Lipinski definition) is 2. The van der Waals surface area contributed by atoms with Crippen LogP contribution < -0.4 is 5.73 Å². The van der Waals surface area contributed by atoms with Crippen LogP contribution in [0.1, 0.15) is 11.1 Å². The molecule has 0 saturated carbocycles. The summed E-state index contributed by atoms with van der Waals surface area (Å²) in [6.07, 6.45) is 0. The number of halogens is 1. The van der Waals surface area contributed by atoms with Crippen LogP contribution in [0, 0.1) is 5.41 Å². The van der Waals surface area contributed by atoms with Crippen LogP contribution >= 0.6 is 15.9 Å². The number of nitrogens with two attached hydrogens (primary N) is 1. The topological polar surface area (TPSA) is 54.8 Å². The fraction of sp³-hybridized carbons (Fsp3) is 0.0500. The normalized spacial score (nSPS) is 11.2. The average molecular weight is 378 g/mol. The largest absolute Gasteiger partial charge is 0.384 e. The van der Waals surface area contributed by atoms with Gasteiger partial charge in [0.05, 0.1) is 0 Å². The second-order valence-electron chi connectivity index (χ2n) is 5.88. The Kier molecular flexibility index (Phi) is 3.62. The number of nitrogens with one attached hydrogen (secondary N) is 1. The first-order chi connectivity index (χ1) is 11.6. The highest BCUT2D eigenvalue weighted by atomic mass is 79.9. The molecular weight excluding hydrogens is 362 g/mol. The first-order valence-electron chi connectivity index (χ1n) is 7.73. The van der Waals surface area contributed by atoms with Gasteiger partial charge in [0.1, 0.15) is 5.84 Å². The molecule has 0 bridgehead atoms. The van der Waals surface area contributed by atoms with E-state index in [1.54, 1.807) is 0 Å². The van der Waals surface area contributed by atoms with Gasteiger partial charge in [0.15, 0.2) is 0 Å². The Hall–Kier alpha value is -2.59. The summed E-state index contributed by atoms with van der Waals surface area (Å²) in [5, 5.41) is 10.0. The highest BCUT2D eigenvalue weighted by Crippen LogP contribution is 2.30. The Morgan fingerprint density at radius 1 is 0.917 bits per heavy atom. The molecule has 0 fully saturated rings. The minimum Gasteiger partial charge on any atom is -0.384 e. The molecule has 0 aliphatic heterocycles. The van der Waals surface area contributed by atoms with Gasteiger partial charge in [-0.1, -0.05) is 46.3 Å². The Labute approximate surface area is 148 Å². The standard InChI is InChI=1S/C20H16BrN3/c21-15-8-5-13(6-9-15)12-24-18-4-2-1-3-16(18)17-11-14(20(22)23)7-10-19(17)24/h1-11H,12H2,(H3,22,23). The molecule has 4 aromatic rings. The molecule has 3 N–H and O–H groups in total. The number of nitrogen functional groups attached to an aromatic ring is 1. The minimum atomic E-state index is 0.0987. The van der Waals surface area contributed by atoms with Crippen molar-refractivity contribution in [2.75, 3.05) is 0 Å². The van der Waals surface area contributed by atoms with Crippen LogP contribution in [0.4, 0.5) is 0 Å². The second kappa shape index (κ2) is 5.80. The van der Waals surface area contributed by atoms with Crippen LogP contribution in [0.5, 0.6) is 0 Å². The molecule has 0 spiro atoms. The van der Waals surface area contributed by atoms with Gasteiger partial charge in [-0.2, -0.15) is 0 Å². The van der Waals surface area contributed by atoms with E-state index in [2.05, 4.69) is 69.0 Å². The highest BCUT2D eigenvalue weighted by molar-refractivity contribution is 9.10. The summed E-state index contributed by atoms with van der Waals surface area (Å²) in [5.41, 5.74) is 10.0. The third kappa shape index (κ3) is 2.49. The van der Waals surface area contributed by atoms with Gasteiger partial charge < -0.3 is 10.3 Å². The van der Waals surface area contributed by atoms with Gasteiger partial charge in [0.25, 0.3) is 0 Å². The molecule has 0 atom stereocenters. The second-order valence-corrected chi connectivity index (χ2v) is 6.79. The van der Waals surface area contributed by atoms with Crippen molar-refractivity contribution >= 4 is 43.6 Å². The first kappa shape index (κ1) is 15.0. The lowest BCUT2D eigenvalue weighted by atomic mass is 10.1. The number of aromatic nitrogens is 1.